The van der Waals surface area contributed by atoms with E-state index >= 15 is 0 Å². The van der Waals surface area contributed by atoms with Gasteiger partial charge in [-0.15, -0.1) is 0 Å². The van der Waals surface area contributed by atoms with Gasteiger partial charge in [0.25, 0.3) is 0 Å². The fourth-order valence-electron chi connectivity index (χ4n) is 2.50. The number of anilines is 2. The zero-order valence-corrected chi connectivity index (χ0v) is 12.2. The minimum Gasteiger partial charge on any atom is -0.492 e. The van der Waals surface area contributed by atoms with E-state index in [2.05, 4.69) is 17.9 Å². The van der Waals surface area contributed by atoms with Gasteiger partial charge >= 0.3 is 0 Å². The summed E-state index contributed by atoms with van der Waals surface area (Å²) in [6, 6.07) is 13.9. The first-order chi connectivity index (χ1) is 10.2. The van der Waals surface area contributed by atoms with Crippen molar-refractivity contribution >= 4 is 11.4 Å². The summed E-state index contributed by atoms with van der Waals surface area (Å²) in [4.78, 5) is 2.27. The van der Waals surface area contributed by atoms with E-state index in [0.717, 1.165) is 36.0 Å². The molecule has 3 rings (SSSR count). The third kappa shape index (κ3) is 3.21. The first-order valence-corrected chi connectivity index (χ1v) is 7.19. The fraction of sp³-hybridized carbons (Fsp3) is 0.294. The minimum atomic E-state index is 0.646. The molecule has 0 saturated heterocycles. The number of benzene rings is 2. The van der Waals surface area contributed by atoms with Gasteiger partial charge in [-0.05, 0) is 36.8 Å². The van der Waals surface area contributed by atoms with Crippen molar-refractivity contribution in [2.75, 3.05) is 36.9 Å². The molecule has 21 heavy (non-hydrogen) atoms. The Labute approximate surface area is 125 Å². The quantitative estimate of drug-likeness (QED) is 0.877. The Balaban J connectivity index is 1.62. The van der Waals surface area contributed by atoms with Crippen LogP contribution in [-0.4, -0.2) is 26.3 Å². The zero-order valence-electron chi connectivity index (χ0n) is 12.2. The van der Waals surface area contributed by atoms with E-state index in [1.54, 1.807) is 0 Å². The van der Waals surface area contributed by atoms with Crippen LogP contribution in [0.2, 0.25) is 0 Å². The molecule has 0 unspecified atom stereocenters. The molecule has 110 valence electrons. The Hall–Kier alpha value is -2.36. The van der Waals surface area contributed by atoms with Crippen molar-refractivity contribution in [2.24, 2.45) is 0 Å². The van der Waals surface area contributed by atoms with Gasteiger partial charge in [0.05, 0.1) is 18.8 Å². The average Bonchev–Trinajstić information content (AvgIpc) is 2.47. The van der Waals surface area contributed by atoms with Crippen LogP contribution >= 0.6 is 0 Å². The number of hydrogen-bond donors (Lipinski definition) is 1. The molecule has 0 fully saturated rings. The van der Waals surface area contributed by atoms with E-state index in [-0.39, 0.29) is 0 Å². The lowest BCUT2D eigenvalue weighted by Crippen LogP contribution is -2.35. The van der Waals surface area contributed by atoms with Crippen molar-refractivity contribution in [1.82, 2.24) is 0 Å². The van der Waals surface area contributed by atoms with Gasteiger partial charge in [0.15, 0.2) is 0 Å². The zero-order chi connectivity index (χ0) is 14.7. The predicted molar refractivity (Wildman–Crippen MR) is 85.2 cm³/mol. The number of hydrogen-bond acceptors (Lipinski definition) is 4. The normalized spacial score (nSPS) is 13.5. The first kappa shape index (κ1) is 13.6. The summed E-state index contributed by atoms with van der Waals surface area (Å²) in [5.41, 5.74) is 8.82. The first-order valence-electron chi connectivity index (χ1n) is 7.19. The Morgan fingerprint density at radius 1 is 1.24 bits per heavy atom. The van der Waals surface area contributed by atoms with E-state index in [1.807, 2.05) is 36.4 Å². The van der Waals surface area contributed by atoms with Crippen LogP contribution in [0.4, 0.5) is 11.4 Å². The summed E-state index contributed by atoms with van der Waals surface area (Å²) in [6.07, 6.45) is 0. The summed E-state index contributed by atoms with van der Waals surface area (Å²) in [6.45, 7) is 5.09. The van der Waals surface area contributed by atoms with Crippen LogP contribution in [0.25, 0.3) is 0 Å². The van der Waals surface area contributed by atoms with Gasteiger partial charge in [-0.25, -0.2) is 0 Å². The van der Waals surface area contributed by atoms with E-state index in [4.69, 9.17) is 15.2 Å². The molecule has 1 heterocycles. The summed E-state index contributed by atoms with van der Waals surface area (Å²) in [5.74, 6) is 1.78. The monoisotopic (exact) mass is 284 g/mol. The van der Waals surface area contributed by atoms with Crippen molar-refractivity contribution in [2.45, 2.75) is 6.92 Å². The molecule has 0 atom stereocenters. The van der Waals surface area contributed by atoms with Crippen molar-refractivity contribution in [3.05, 3.63) is 48.0 Å². The van der Waals surface area contributed by atoms with Gasteiger partial charge < -0.3 is 20.1 Å². The molecule has 4 nitrogen and oxygen atoms in total. The van der Waals surface area contributed by atoms with Crippen molar-refractivity contribution in [1.29, 1.82) is 0 Å². The molecule has 2 aromatic carbocycles. The third-order valence-electron chi connectivity index (χ3n) is 3.56. The molecule has 0 saturated carbocycles. The maximum Gasteiger partial charge on any atom is 0.144 e. The molecule has 4 heteroatoms. The summed E-state index contributed by atoms with van der Waals surface area (Å²) in [7, 11) is 0. The molecule has 2 N–H and O–H groups in total. The van der Waals surface area contributed by atoms with Crippen LogP contribution in [0.15, 0.2) is 42.5 Å². The predicted octanol–water partition coefficient (Wildman–Crippen LogP) is 2.86. The van der Waals surface area contributed by atoms with Gasteiger partial charge in [-0.1, -0.05) is 12.1 Å². The lowest BCUT2D eigenvalue weighted by molar-refractivity contribution is 0.288. The SMILES string of the molecule is Cc1cccc(OCCN2CCOc3cc(N)ccc32)c1. The maximum atomic E-state index is 5.82. The second-order valence-electron chi connectivity index (χ2n) is 5.23. The van der Waals surface area contributed by atoms with Crippen LogP contribution < -0.4 is 20.1 Å². The molecule has 0 aromatic heterocycles. The largest absolute Gasteiger partial charge is 0.492 e. The number of ether oxygens (including phenoxy) is 2. The Morgan fingerprint density at radius 2 is 2.14 bits per heavy atom. The maximum absolute atomic E-state index is 5.82. The van der Waals surface area contributed by atoms with Crippen LogP contribution in [0.3, 0.4) is 0 Å². The smallest absolute Gasteiger partial charge is 0.144 e. The van der Waals surface area contributed by atoms with E-state index in [9.17, 15) is 0 Å². The van der Waals surface area contributed by atoms with E-state index in [0.29, 0.717) is 13.2 Å². The average molecular weight is 284 g/mol. The second kappa shape index (κ2) is 5.95. The summed E-state index contributed by atoms with van der Waals surface area (Å²) in [5, 5.41) is 0. The molecular weight excluding hydrogens is 264 g/mol. The highest BCUT2D eigenvalue weighted by Crippen LogP contribution is 2.32. The Morgan fingerprint density at radius 3 is 3.00 bits per heavy atom. The van der Waals surface area contributed by atoms with Gasteiger partial charge in [-0.3, -0.25) is 0 Å². The highest BCUT2D eigenvalue weighted by atomic mass is 16.5. The van der Waals surface area contributed by atoms with E-state index in [1.165, 1.54) is 5.56 Å². The highest BCUT2D eigenvalue weighted by Gasteiger charge is 2.17. The molecule has 0 bridgehead atoms. The standard InChI is InChI=1S/C17H20N2O2/c1-13-3-2-4-15(11-13)20-9-7-19-8-10-21-17-12-14(18)5-6-16(17)19/h2-6,11-12H,7-10,18H2,1H3. The molecule has 1 aliphatic rings. The van der Waals surface area contributed by atoms with Gasteiger partial charge in [0.1, 0.15) is 24.7 Å². The molecule has 0 radical (unpaired) electrons. The number of fused-ring (bicyclic) bond motifs is 1. The second-order valence-corrected chi connectivity index (χ2v) is 5.23. The summed E-state index contributed by atoms with van der Waals surface area (Å²) >= 11 is 0. The lowest BCUT2D eigenvalue weighted by atomic mass is 10.2. The summed E-state index contributed by atoms with van der Waals surface area (Å²) < 4.78 is 11.5. The fourth-order valence-corrected chi connectivity index (χ4v) is 2.50. The van der Waals surface area contributed by atoms with Crippen molar-refractivity contribution in [3.63, 3.8) is 0 Å². The molecule has 0 amide bonds. The van der Waals surface area contributed by atoms with Crippen molar-refractivity contribution < 1.29 is 9.47 Å². The number of aryl methyl sites for hydroxylation is 1. The molecule has 0 spiro atoms. The molecule has 0 aliphatic carbocycles. The molecule has 1 aliphatic heterocycles. The topological polar surface area (TPSA) is 47.7 Å². The van der Waals surface area contributed by atoms with Crippen LogP contribution in [0, 0.1) is 6.92 Å². The molecular formula is C17H20N2O2. The number of nitrogens with zero attached hydrogens (tertiary/aromatic N) is 1. The van der Waals surface area contributed by atoms with Gasteiger partial charge in [0, 0.05) is 11.8 Å². The van der Waals surface area contributed by atoms with Gasteiger partial charge in [0.2, 0.25) is 0 Å². The van der Waals surface area contributed by atoms with Crippen molar-refractivity contribution in [3.8, 4) is 11.5 Å². The number of rotatable bonds is 4. The highest BCUT2D eigenvalue weighted by molar-refractivity contribution is 5.65. The Kier molecular flexibility index (Phi) is 3.86. The van der Waals surface area contributed by atoms with Crippen LogP contribution in [0.1, 0.15) is 5.56 Å². The van der Waals surface area contributed by atoms with Crippen LogP contribution in [0.5, 0.6) is 11.5 Å². The minimum absolute atomic E-state index is 0.646. The van der Waals surface area contributed by atoms with Crippen LogP contribution in [-0.2, 0) is 0 Å². The molecule has 2 aromatic rings. The van der Waals surface area contributed by atoms with Gasteiger partial charge in [-0.2, -0.15) is 0 Å². The Bertz CT molecular complexity index is 628. The number of nitrogen functional groups attached to an aromatic ring is 1. The number of nitrogens with two attached hydrogens (primary N) is 1. The van der Waals surface area contributed by atoms with E-state index < -0.39 is 0 Å². The third-order valence-corrected chi connectivity index (χ3v) is 3.56. The lowest BCUT2D eigenvalue weighted by Gasteiger charge is -2.31.